The van der Waals surface area contributed by atoms with Crippen LogP contribution in [-0.2, 0) is 6.42 Å². The smallest absolute Gasteiger partial charge is 0.267 e. The maximum atomic E-state index is 13.0. The molecule has 0 aliphatic carbocycles. The molecule has 6 nitrogen and oxygen atoms in total. The van der Waals surface area contributed by atoms with E-state index in [4.69, 9.17) is 21.4 Å². The van der Waals surface area contributed by atoms with Gasteiger partial charge in [-0.05, 0) is 63.1 Å². The number of carbonyl (C=O) groups is 1. The van der Waals surface area contributed by atoms with Crippen LogP contribution in [0.3, 0.4) is 0 Å². The van der Waals surface area contributed by atoms with Gasteiger partial charge >= 0.3 is 0 Å². The SMILES string of the molecule is COc1ccc(Cc2c(C)nn(-c3nc(C)c(C(=O)Nc4cc(Cl)ccc4C)s3)c2C)cc1. The van der Waals surface area contributed by atoms with Crippen molar-refractivity contribution in [2.24, 2.45) is 0 Å². The molecule has 1 amide bonds. The number of aryl methyl sites for hydroxylation is 3. The lowest BCUT2D eigenvalue weighted by Crippen LogP contribution is -2.12. The van der Waals surface area contributed by atoms with Crippen molar-refractivity contribution < 1.29 is 9.53 Å². The molecule has 0 unspecified atom stereocenters. The van der Waals surface area contributed by atoms with Crippen LogP contribution in [0.2, 0.25) is 5.02 Å². The van der Waals surface area contributed by atoms with Crippen LogP contribution in [0.1, 0.15) is 43.4 Å². The zero-order chi connectivity index (χ0) is 23.7. The summed E-state index contributed by atoms with van der Waals surface area (Å²) in [5, 5.41) is 8.92. The minimum Gasteiger partial charge on any atom is -0.497 e. The number of thiazole rings is 1. The molecule has 2 heterocycles. The summed E-state index contributed by atoms with van der Waals surface area (Å²) in [4.78, 5) is 18.2. The third kappa shape index (κ3) is 4.79. The standard InChI is InChI=1S/C25H25ClN4O2S/c1-14-6-9-19(26)13-22(14)28-24(31)23-16(3)27-25(33-23)30-17(4)21(15(2)29-30)12-18-7-10-20(32-5)11-8-18/h6-11,13H,12H2,1-5H3,(H,28,31). The topological polar surface area (TPSA) is 69.0 Å². The second kappa shape index (κ2) is 9.37. The first kappa shape index (κ1) is 23.0. The molecule has 170 valence electrons. The number of anilines is 1. The van der Waals surface area contributed by atoms with Gasteiger partial charge in [0.25, 0.3) is 5.91 Å². The number of hydrogen-bond donors (Lipinski definition) is 1. The Labute approximate surface area is 202 Å². The molecule has 1 N–H and O–H groups in total. The van der Waals surface area contributed by atoms with E-state index in [-0.39, 0.29) is 5.91 Å². The van der Waals surface area contributed by atoms with E-state index in [0.717, 1.165) is 34.7 Å². The molecule has 4 aromatic rings. The number of nitrogens with one attached hydrogen (secondary N) is 1. The highest BCUT2D eigenvalue weighted by atomic mass is 35.5. The zero-order valence-electron chi connectivity index (χ0n) is 19.2. The monoisotopic (exact) mass is 480 g/mol. The molecule has 0 bridgehead atoms. The molecule has 0 spiro atoms. The molecule has 2 aromatic heterocycles. The Bertz CT molecular complexity index is 1330. The first-order valence-corrected chi connectivity index (χ1v) is 11.7. The molecule has 8 heteroatoms. The maximum Gasteiger partial charge on any atom is 0.267 e. The normalized spacial score (nSPS) is 11.0. The van der Waals surface area contributed by atoms with Gasteiger partial charge in [0.15, 0.2) is 0 Å². The number of rotatable bonds is 6. The first-order chi connectivity index (χ1) is 15.8. The zero-order valence-corrected chi connectivity index (χ0v) is 20.8. The third-order valence-electron chi connectivity index (χ3n) is 5.60. The van der Waals surface area contributed by atoms with Gasteiger partial charge in [0, 0.05) is 28.4 Å². The predicted octanol–water partition coefficient (Wildman–Crippen LogP) is 6.07. The van der Waals surface area contributed by atoms with Crippen molar-refractivity contribution in [3.63, 3.8) is 0 Å². The van der Waals surface area contributed by atoms with Crippen molar-refractivity contribution in [3.8, 4) is 10.9 Å². The van der Waals surface area contributed by atoms with Crippen molar-refractivity contribution in [2.45, 2.75) is 34.1 Å². The number of ether oxygens (including phenoxy) is 1. The molecule has 0 fully saturated rings. The van der Waals surface area contributed by atoms with Crippen molar-refractivity contribution in [3.05, 3.63) is 86.1 Å². The van der Waals surface area contributed by atoms with Crippen LogP contribution in [0.25, 0.3) is 5.13 Å². The molecule has 0 saturated carbocycles. The first-order valence-electron chi connectivity index (χ1n) is 10.5. The summed E-state index contributed by atoms with van der Waals surface area (Å²) in [6.07, 6.45) is 0.757. The highest BCUT2D eigenvalue weighted by Crippen LogP contribution is 2.28. The van der Waals surface area contributed by atoms with Crippen LogP contribution in [0.15, 0.2) is 42.5 Å². The highest BCUT2D eigenvalue weighted by Gasteiger charge is 2.21. The summed E-state index contributed by atoms with van der Waals surface area (Å²) in [7, 11) is 1.66. The van der Waals surface area contributed by atoms with Gasteiger partial charge in [-0.15, -0.1) is 0 Å². The Balaban J connectivity index is 1.60. The summed E-state index contributed by atoms with van der Waals surface area (Å²) in [6.45, 7) is 7.80. The number of halogens is 1. The minimum absolute atomic E-state index is 0.207. The predicted molar refractivity (Wildman–Crippen MR) is 133 cm³/mol. The molecule has 4 rings (SSSR count). The van der Waals surface area contributed by atoms with E-state index < -0.39 is 0 Å². The van der Waals surface area contributed by atoms with Crippen LogP contribution >= 0.6 is 22.9 Å². The fraction of sp³-hybridized carbons (Fsp3) is 0.240. The minimum atomic E-state index is -0.207. The lowest BCUT2D eigenvalue weighted by atomic mass is 10.0. The average Bonchev–Trinajstić information content (AvgIpc) is 3.31. The Kier molecular flexibility index (Phi) is 6.54. The molecule has 0 aliphatic heterocycles. The van der Waals surface area contributed by atoms with Gasteiger partial charge in [0.2, 0.25) is 5.13 Å². The van der Waals surface area contributed by atoms with Crippen LogP contribution in [0, 0.1) is 27.7 Å². The largest absolute Gasteiger partial charge is 0.497 e. The van der Waals surface area contributed by atoms with E-state index in [0.29, 0.717) is 26.4 Å². The lowest BCUT2D eigenvalue weighted by molar-refractivity contribution is 0.102. The number of aromatic nitrogens is 3. The molecule has 0 atom stereocenters. The second-order valence-corrected chi connectivity index (χ2v) is 9.32. The number of nitrogens with zero attached hydrogens (tertiary/aromatic N) is 3. The van der Waals surface area contributed by atoms with Crippen LogP contribution in [0.4, 0.5) is 5.69 Å². The molecule has 33 heavy (non-hydrogen) atoms. The maximum absolute atomic E-state index is 13.0. The van der Waals surface area contributed by atoms with Gasteiger partial charge in [-0.25, -0.2) is 9.67 Å². The van der Waals surface area contributed by atoms with Crippen LogP contribution in [-0.4, -0.2) is 27.8 Å². The summed E-state index contributed by atoms with van der Waals surface area (Å²) in [5.41, 5.74) is 6.57. The third-order valence-corrected chi connectivity index (χ3v) is 6.97. The fourth-order valence-electron chi connectivity index (χ4n) is 3.66. The number of hydrogen-bond acceptors (Lipinski definition) is 5. The van der Waals surface area contributed by atoms with Gasteiger partial charge in [0.1, 0.15) is 10.6 Å². The number of carbonyl (C=O) groups excluding carboxylic acids is 1. The van der Waals surface area contributed by atoms with Gasteiger partial charge in [-0.3, -0.25) is 4.79 Å². The molecule has 0 radical (unpaired) electrons. The lowest BCUT2D eigenvalue weighted by Gasteiger charge is -2.08. The van der Waals surface area contributed by atoms with Crippen molar-refractivity contribution in [2.75, 3.05) is 12.4 Å². The van der Waals surface area contributed by atoms with Gasteiger partial charge in [0.05, 0.1) is 18.5 Å². The number of amides is 1. The van der Waals surface area contributed by atoms with E-state index in [9.17, 15) is 4.79 Å². The average molecular weight is 481 g/mol. The molecule has 0 aliphatic rings. The van der Waals surface area contributed by atoms with Gasteiger partial charge in [-0.1, -0.05) is 41.1 Å². The Morgan fingerprint density at radius 3 is 2.52 bits per heavy atom. The summed E-state index contributed by atoms with van der Waals surface area (Å²) >= 11 is 7.42. The van der Waals surface area contributed by atoms with E-state index >= 15 is 0 Å². The fourth-order valence-corrected chi connectivity index (χ4v) is 4.79. The second-order valence-electron chi connectivity index (χ2n) is 7.91. The van der Waals surface area contributed by atoms with E-state index in [1.54, 1.807) is 19.2 Å². The molecular formula is C25H25ClN4O2S. The van der Waals surface area contributed by atoms with Gasteiger partial charge in [-0.2, -0.15) is 5.10 Å². The van der Waals surface area contributed by atoms with Gasteiger partial charge < -0.3 is 10.1 Å². The summed E-state index contributed by atoms with van der Waals surface area (Å²) in [6, 6.07) is 13.5. The molecular weight excluding hydrogens is 456 g/mol. The Morgan fingerprint density at radius 2 is 1.82 bits per heavy atom. The molecule has 2 aromatic carbocycles. The Morgan fingerprint density at radius 1 is 1.09 bits per heavy atom. The van der Waals surface area contributed by atoms with E-state index in [1.165, 1.54) is 16.9 Å². The summed E-state index contributed by atoms with van der Waals surface area (Å²) in [5.74, 6) is 0.626. The van der Waals surface area contributed by atoms with Crippen molar-refractivity contribution in [1.29, 1.82) is 0 Å². The Hall–Kier alpha value is -3.16. The van der Waals surface area contributed by atoms with Crippen molar-refractivity contribution in [1.82, 2.24) is 14.8 Å². The van der Waals surface area contributed by atoms with E-state index in [2.05, 4.69) is 22.4 Å². The summed E-state index contributed by atoms with van der Waals surface area (Å²) < 4.78 is 7.08. The van der Waals surface area contributed by atoms with Crippen LogP contribution in [0.5, 0.6) is 5.75 Å². The van der Waals surface area contributed by atoms with Crippen molar-refractivity contribution >= 4 is 34.5 Å². The van der Waals surface area contributed by atoms with Crippen LogP contribution < -0.4 is 10.1 Å². The molecule has 0 saturated heterocycles. The number of methoxy groups -OCH3 is 1. The van der Waals surface area contributed by atoms with E-state index in [1.807, 2.05) is 50.6 Å². The quantitative estimate of drug-likeness (QED) is 0.363. The highest BCUT2D eigenvalue weighted by molar-refractivity contribution is 7.16. The number of benzene rings is 2.